The highest BCUT2D eigenvalue weighted by Gasteiger charge is 2.32. The summed E-state index contributed by atoms with van der Waals surface area (Å²) in [6.07, 6.45) is 1.99. The highest BCUT2D eigenvalue weighted by molar-refractivity contribution is 5.87. The molecule has 0 aliphatic rings. The average Bonchev–Trinajstić information content (AvgIpc) is 2.60. The number of ether oxygens (including phenoxy) is 3. The van der Waals surface area contributed by atoms with Crippen LogP contribution < -0.4 is 12.4 Å². The van der Waals surface area contributed by atoms with Crippen LogP contribution in [0.4, 0.5) is 0 Å². The molecule has 0 heterocycles. The Bertz CT molecular complexity index is 575. The maximum atomic E-state index is 11.2. The van der Waals surface area contributed by atoms with E-state index in [0.717, 1.165) is 17.0 Å². The van der Waals surface area contributed by atoms with E-state index in [1.807, 2.05) is 0 Å². The minimum Gasteiger partial charge on any atom is -1.00 e. The summed E-state index contributed by atoms with van der Waals surface area (Å²) in [5, 5.41) is 0. The first-order valence-corrected chi connectivity index (χ1v) is 9.24. The van der Waals surface area contributed by atoms with Gasteiger partial charge in [0, 0.05) is 23.6 Å². The molecule has 0 saturated heterocycles. The van der Waals surface area contributed by atoms with Crippen molar-refractivity contribution in [3.05, 3.63) is 37.0 Å². The number of rotatable bonds is 8. The van der Waals surface area contributed by atoms with Crippen LogP contribution in [0.1, 0.15) is 41.0 Å². The lowest BCUT2D eigenvalue weighted by atomic mass is 9.97. The van der Waals surface area contributed by atoms with Crippen LogP contribution in [-0.2, 0) is 28.6 Å². The Balaban J connectivity index is -0.000000189. The zero-order valence-corrected chi connectivity index (χ0v) is 20.9. The monoisotopic (exact) mass is 449 g/mol. The predicted octanol–water partition coefficient (Wildman–Crippen LogP) is 0.456. The smallest absolute Gasteiger partial charge is 0.333 e. The number of hydrogen-bond acceptors (Lipinski definition) is 6. The summed E-state index contributed by atoms with van der Waals surface area (Å²) in [5.74, 6) is -1.00. The molecule has 8 heteroatoms. The molecule has 0 radical (unpaired) electrons. The van der Waals surface area contributed by atoms with Gasteiger partial charge in [-0.1, -0.05) is 19.7 Å². The van der Waals surface area contributed by atoms with Crippen LogP contribution in [0.3, 0.4) is 0 Å². The SMILES string of the molecule is C=C(C)C(=O)OC.C=C(C)C(=O)OCCC(C)(C)[N+](C)(C)C.C=CC(=O)OCC.[Cl-]. The molecule has 0 amide bonds. The van der Waals surface area contributed by atoms with E-state index in [1.165, 1.54) is 7.11 Å². The molecule has 0 aromatic rings. The Hall–Kier alpha value is -2.12. The van der Waals surface area contributed by atoms with Crippen molar-refractivity contribution in [3.8, 4) is 0 Å². The molecule has 0 saturated carbocycles. The first kappa shape index (κ1) is 35.3. The number of nitrogens with zero attached hydrogens (tertiary/aromatic N) is 1. The molecular formula is C22H40ClNO6. The quantitative estimate of drug-likeness (QED) is 0.232. The van der Waals surface area contributed by atoms with Crippen LogP contribution in [0.2, 0.25) is 0 Å². The molecule has 0 N–H and O–H groups in total. The largest absolute Gasteiger partial charge is 1.00 e. The maximum Gasteiger partial charge on any atom is 0.333 e. The molecule has 7 nitrogen and oxygen atoms in total. The summed E-state index contributed by atoms with van der Waals surface area (Å²) in [4.78, 5) is 31.4. The Morgan fingerprint density at radius 2 is 1.40 bits per heavy atom. The van der Waals surface area contributed by atoms with E-state index in [-0.39, 0.29) is 35.9 Å². The molecule has 30 heavy (non-hydrogen) atoms. The molecule has 0 bridgehead atoms. The molecule has 176 valence electrons. The van der Waals surface area contributed by atoms with Gasteiger partial charge in [-0.2, -0.15) is 0 Å². The number of methoxy groups -OCH3 is 1. The van der Waals surface area contributed by atoms with E-state index in [0.29, 0.717) is 24.4 Å². The summed E-state index contributed by atoms with van der Waals surface area (Å²) in [5.41, 5.74) is 0.982. The Morgan fingerprint density at radius 1 is 0.967 bits per heavy atom. The summed E-state index contributed by atoms with van der Waals surface area (Å²) < 4.78 is 14.6. The fourth-order valence-corrected chi connectivity index (χ4v) is 1.23. The van der Waals surface area contributed by atoms with Crippen molar-refractivity contribution in [3.63, 3.8) is 0 Å². The van der Waals surface area contributed by atoms with Crippen molar-refractivity contribution in [1.82, 2.24) is 0 Å². The minimum absolute atomic E-state index is 0. The van der Waals surface area contributed by atoms with Gasteiger partial charge < -0.3 is 31.1 Å². The highest BCUT2D eigenvalue weighted by atomic mass is 35.5. The lowest BCUT2D eigenvalue weighted by Gasteiger charge is -2.41. The molecule has 0 aliphatic carbocycles. The van der Waals surface area contributed by atoms with E-state index < -0.39 is 0 Å². The second-order valence-corrected chi connectivity index (χ2v) is 7.72. The zero-order chi connectivity index (χ0) is 23.8. The van der Waals surface area contributed by atoms with Crippen molar-refractivity contribution in [2.24, 2.45) is 0 Å². The van der Waals surface area contributed by atoms with Crippen molar-refractivity contribution < 1.29 is 45.5 Å². The number of carbonyl (C=O) groups excluding carboxylic acids is 3. The van der Waals surface area contributed by atoms with Crippen LogP contribution in [-0.4, -0.2) is 69.4 Å². The molecule has 0 unspecified atom stereocenters. The fourth-order valence-electron chi connectivity index (χ4n) is 1.23. The van der Waals surface area contributed by atoms with Crippen LogP contribution in [0, 0.1) is 0 Å². The first-order valence-electron chi connectivity index (χ1n) is 9.24. The molecule has 0 aromatic heterocycles. The van der Waals surface area contributed by atoms with Gasteiger partial charge in [0.1, 0.15) is 0 Å². The third kappa shape index (κ3) is 19.2. The summed E-state index contributed by atoms with van der Waals surface area (Å²) in [7, 11) is 7.75. The third-order valence-electron chi connectivity index (χ3n) is 4.10. The number of halogens is 1. The predicted molar refractivity (Wildman–Crippen MR) is 116 cm³/mol. The van der Waals surface area contributed by atoms with E-state index in [2.05, 4.69) is 64.2 Å². The van der Waals surface area contributed by atoms with E-state index in [4.69, 9.17) is 4.74 Å². The van der Waals surface area contributed by atoms with Crippen LogP contribution in [0.5, 0.6) is 0 Å². The van der Waals surface area contributed by atoms with E-state index >= 15 is 0 Å². The van der Waals surface area contributed by atoms with Gasteiger partial charge in [-0.25, -0.2) is 14.4 Å². The van der Waals surface area contributed by atoms with Crippen molar-refractivity contribution >= 4 is 17.9 Å². The van der Waals surface area contributed by atoms with Gasteiger partial charge in [-0.3, -0.25) is 0 Å². The van der Waals surface area contributed by atoms with Gasteiger partial charge >= 0.3 is 17.9 Å². The molecule has 0 atom stereocenters. The molecule has 0 fully saturated rings. The van der Waals surface area contributed by atoms with Gasteiger partial charge in [0.15, 0.2) is 0 Å². The lowest BCUT2D eigenvalue weighted by Crippen LogP contribution is -3.00. The fraction of sp³-hybridized carbons (Fsp3) is 0.591. The number of carbonyl (C=O) groups is 3. The van der Waals surface area contributed by atoms with Gasteiger partial charge in [0.05, 0.1) is 47.0 Å². The maximum absolute atomic E-state index is 11.2. The van der Waals surface area contributed by atoms with E-state index in [1.54, 1.807) is 20.8 Å². The Labute approximate surface area is 188 Å². The summed E-state index contributed by atoms with van der Waals surface area (Å²) in [6.45, 7) is 20.3. The van der Waals surface area contributed by atoms with Crippen molar-refractivity contribution in [1.29, 1.82) is 0 Å². The normalized spacial score (nSPS) is 9.77. The Kier molecular flexibility index (Phi) is 20.9. The van der Waals surface area contributed by atoms with E-state index in [9.17, 15) is 14.4 Å². The molecule has 0 aromatic carbocycles. The average molecular weight is 450 g/mol. The second-order valence-electron chi connectivity index (χ2n) is 7.72. The van der Waals surface area contributed by atoms with Gasteiger partial charge in [-0.05, 0) is 34.6 Å². The zero-order valence-electron chi connectivity index (χ0n) is 20.1. The molecule has 0 spiro atoms. The molecule has 0 rings (SSSR count). The van der Waals surface area contributed by atoms with Gasteiger partial charge in [-0.15, -0.1) is 0 Å². The van der Waals surface area contributed by atoms with Gasteiger partial charge in [0.25, 0.3) is 0 Å². The number of esters is 3. The second kappa shape index (κ2) is 17.7. The topological polar surface area (TPSA) is 78.9 Å². The highest BCUT2D eigenvalue weighted by Crippen LogP contribution is 2.21. The summed E-state index contributed by atoms with van der Waals surface area (Å²) >= 11 is 0. The molecular weight excluding hydrogens is 410 g/mol. The minimum atomic E-state index is -0.359. The number of hydrogen-bond donors (Lipinski definition) is 0. The van der Waals surface area contributed by atoms with Crippen molar-refractivity contribution in [2.45, 2.75) is 46.6 Å². The lowest BCUT2D eigenvalue weighted by molar-refractivity contribution is -0.920. The van der Waals surface area contributed by atoms with Crippen molar-refractivity contribution in [2.75, 3.05) is 41.5 Å². The van der Waals surface area contributed by atoms with Crippen LogP contribution in [0.15, 0.2) is 37.0 Å². The first-order chi connectivity index (χ1) is 13.1. The Morgan fingerprint density at radius 3 is 1.60 bits per heavy atom. The van der Waals surface area contributed by atoms with Gasteiger partial charge in [0.2, 0.25) is 0 Å². The van der Waals surface area contributed by atoms with Crippen LogP contribution >= 0.6 is 0 Å². The third-order valence-corrected chi connectivity index (χ3v) is 4.10. The standard InChI is InChI=1S/C12H24NO2.2C5H8O2.ClH/c1-10(2)11(14)15-9-8-12(3,4)13(5,6)7;1-4(2)5(6)7-3;1-3-5(6)7-4-2;/h1,8-9H2,2-7H3;1H2,2-3H3;3H,1,4H2,2H3;1H/q+1;;;/p-1. The number of quaternary nitrogens is 1. The van der Waals surface area contributed by atoms with Crippen LogP contribution in [0.25, 0.3) is 0 Å². The summed E-state index contributed by atoms with van der Waals surface area (Å²) in [6, 6.07) is 0. The molecule has 0 aliphatic heterocycles.